The van der Waals surface area contributed by atoms with Gasteiger partial charge in [0.05, 0.1) is 27.7 Å². The van der Waals surface area contributed by atoms with Gasteiger partial charge < -0.3 is 16.9 Å². The van der Waals surface area contributed by atoms with Crippen molar-refractivity contribution in [1.29, 1.82) is 0 Å². The molecule has 0 spiro atoms. The summed E-state index contributed by atoms with van der Waals surface area (Å²) in [5.41, 5.74) is 1.58. The Morgan fingerprint density at radius 3 is 1.55 bits per heavy atom. The highest BCUT2D eigenvalue weighted by atomic mass is 35.5. The average molecular weight is 424 g/mol. The van der Waals surface area contributed by atoms with Gasteiger partial charge in [-0.15, -0.1) is 0 Å². The molecule has 29 heavy (non-hydrogen) atoms. The van der Waals surface area contributed by atoms with Gasteiger partial charge in [0.2, 0.25) is 0 Å². The molecule has 0 heterocycles. The van der Waals surface area contributed by atoms with E-state index in [1.807, 2.05) is 0 Å². The Labute approximate surface area is 189 Å². The molecule has 0 bridgehead atoms. The molecule has 0 fully saturated rings. The quantitative estimate of drug-likeness (QED) is 0.220. The first-order chi connectivity index (χ1) is 13.5. The van der Waals surface area contributed by atoms with E-state index < -0.39 is 0 Å². The van der Waals surface area contributed by atoms with Gasteiger partial charge in [-0.3, -0.25) is 0 Å². The minimum Gasteiger partial charge on any atom is -1.00 e. The van der Waals surface area contributed by atoms with Crippen LogP contribution in [0.4, 0.5) is 0 Å². The van der Waals surface area contributed by atoms with E-state index >= 15 is 0 Å². The molecule has 0 radical (unpaired) electrons. The zero-order valence-corrected chi connectivity index (χ0v) is 20.9. The summed E-state index contributed by atoms with van der Waals surface area (Å²) in [6.45, 7) is 3.62. The van der Waals surface area contributed by atoms with Crippen molar-refractivity contribution in [3.05, 3.63) is 35.9 Å². The van der Waals surface area contributed by atoms with Crippen molar-refractivity contribution in [3.8, 4) is 0 Å². The number of unbranched alkanes of at least 4 members (excludes halogenated alkanes) is 11. The van der Waals surface area contributed by atoms with Crippen molar-refractivity contribution in [2.75, 3.05) is 27.7 Å². The van der Waals surface area contributed by atoms with Gasteiger partial charge in [-0.25, -0.2) is 0 Å². The maximum atomic E-state index is 2.36. The molecule has 2 heteroatoms. The van der Waals surface area contributed by atoms with E-state index in [0.717, 1.165) is 10.4 Å². The van der Waals surface area contributed by atoms with Crippen LogP contribution in [0.2, 0.25) is 0 Å². The fraction of sp³-hybridized carbons (Fsp3) is 0.778. The Hall–Kier alpha value is -0.530. The first-order valence-electron chi connectivity index (χ1n) is 12.4. The van der Waals surface area contributed by atoms with E-state index in [-0.39, 0.29) is 12.4 Å². The molecule has 0 amide bonds. The van der Waals surface area contributed by atoms with Gasteiger partial charge in [0, 0.05) is 0 Å². The maximum absolute atomic E-state index is 2.36. The number of benzene rings is 1. The second kappa shape index (κ2) is 18.3. The number of nitrogens with zero attached hydrogens (tertiary/aromatic N) is 1. The van der Waals surface area contributed by atoms with Crippen molar-refractivity contribution in [2.45, 2.75) is 109 Å². The SMILES string of the molecule is CCCCCCCCC(CCCCCCCCC[N+](C)(C)C)c1ccccc1.[Cl-]. The van der Waals surface area contributed by atoms with E-state index in [4.69, 9.17) is 0 Å². The normalized spacial score (nSPS) is 12.6. The molecule has 1 rings (SSSR count). The predicted molar refractivity (Wildman–Crippen MR) is 127 cm³/mol. The second-order valence-electron chi connectivity index (χ2n) is 9.94. The maximum Gasteiger partial charge on any atom is 0.0780 e. The van der Waals surface area contributed by atoms with Gasteiger partial charge in [-0.05, 0) is 37.2 Å². The van der Waals surface area contributed by atoms with Crippen molar-refractivity contribution in [3.63, 3.8) is 0 Å². The largest absolute Gasteiger partial charge is 1.00 e. The van der Waals surface area contributed by atoms with Crippen LogP contribution in [-0.2, 0) is 0 Å². The first kappa shape index (κ1) is 28.5. The zero-order valence-electron chi connectivity index (χ0n) is 20.1. The third-order valence-electron chi connectivity index (χ3n) is 6.06. The summed E-state index contributed by atoms with van der Waals surface area (Å²) in [4.78, 5) is 0. The highest BCUT2D eigenvalue weighted by Crippen LogP contribution is 2.28. The molecule has 0 N–H and O–H groups in total. The predicted octanol–water partition coefficient (Wildman–Crippen LogP) is 5.35. The van der Waals surface area contributed by atoms with Crippen LogP contribution in [0.25, 0.3) is 0 Å². The van der Waals surface area contributed by atoms with E-state index in [1.165, 1.54) is 103 Å². The number of halogens is 1. The topological polar surface area (TPSA) is 0 Å². The summed E-state index contributed by atoms with van der Waals surface area (Å²) in [5, 5.41) is 0. The van der Waals surface area contributed by atoms with Crippen LogP contribution < -0.4 is 12.4 Å². The molecule has 0 saturated heterocycles. The van der Waals surface area contributed by atoms with Crippen molar-refractivity contribution in [2.24, 2.45) is 0 Å². The second-order valence-corrected chi connectivity index (χ2v) is 9.94. The molecule has 1 aromatic carbocycles. The van der Waals surface area contributed by atoms with Gasteiger partial charge in [-0.2, -0.15) is 0 Å². The standard InChI is InChI=1S/C27H50N.ClH/c1-5-6-7-8-12-16-21-26(27-23-18-15-19-24-27)22-17-13-10-9-11-14-20-25-28(2,3)4;/h15,18-19,23-24,26H,5-14,16-17,20-22,25H2,1-4H3;1H/q+1;/p-1. The minimum absolute atomic E-state index is 0. The summed E-state index contributed by atoms with van der Waals surface area (Å²) in [7, 11) is 6.90. The van der Waals surface area contributed by atoms with Crippen molar-refractivity contribution < 1.29 is 16.9 Å². The fourth-order valence-electron chi connectivity index (χ4n) is 4.23. The van der Waals surface area contributed by atoms with Crippen LogP contribution >= 0.6 is 0 Å². The monoisotopic (exact) mass is 423 g/mol. The molecule has 1 aromatic rings. The van der Waals surface area contributed by atoms with Crippen LogP contribution in [0.1, 0.15) is 115 Å². The molecule has 1 unspecified atom stereocenters. The summed E-state index contributed by atoms with van der Waals surface area (Å²) in [5.74, 6) is 0.789. The lowest BCUT2D eigenvalue weighted by Crippen LogP contribution is -3.00. The van der Waals surface area contributed by atoms with Crippen LogP contribution in [-0.4, -0.2) is 32.2 Å². The lowest BCUT2D eigenvalue weighted by molar-refractivity contribution is -0.870. The van der Waals surface area contributed by atoms with Gasteiger partial charge >= 0.3 is 0 Å². The molecular weight excluding hydrogens is 374 g/mol. The Morgan fingerprint density at radius 1 is 0.621 bits per heavy atom. The average Bonchev–Trinajstić information content (AvgIpc) is 2.67. The highest BCUT2D eigenvalue weighted by Gasteiger charge is 2.11. The van der Waals surface area contributed by atoms with Gasteiger partial charge in [0.15, 0.2) is 0 Å². The number of hydrogen-bond donors (Lipinski definition) is 0. The van der Waals surface area contributed by atoms with Crippen LogP contribution in [0.3, 0.4) is 0 Å². The van der Waals surface area contributed by atoms with Gasteiger partial charge in [-0.1, -0.05) is 108 Å². The molecular formula is C27H50ClN. The Kier molecular flexibility index (Phi) is 17.9. The van der Waals surface area contributed by atoms with Crippen molar-refractivity contribution in [1.82, 2.24) is 0 Å². The van der Waals surface area contributed by atoms with Gasteiger partial charge in [0.1, 0.15) is 0 Å². The number of hydrogen-bond acceptors (Lipinski definition) is 0. The molecule has 0 saturated carbocycles. The Morgan fingerprint density at radius 2 is 1.07 bits per heavy atom. The number of rotatable bonds is 18. The Bertz CT molecular complexity index is 451. The van der Waals surface area contributed by atoms with E-state index in [1.54, 1.807) is 5.56 Å². The summed E-state index contributed by atoms with van der Waals surface area (Å²) in [6, 6.07) is 11.3. The summed E-state index contributed by atoms with van der Waals surface area (Å²) >= 11 is 0. The number of quaternary nitrogens is 1. The molecule has 0 aliphatic rings. The summed E-state index contributed by atoms with van der Waals surface area (Å²) < 4.78 is 1.11. The van der Waals surface area contributed by atoms with Crippen LogP contribution in [0, 0.1) is 0 Å². The molecule has 1 nitrogen and oxygen atoms in total. The third-order valence-corrected chi connectivity index (χ3v) is 6.06. The highest BCUT2D eigenvalue weighted by molar-refractivity contribution is 5.19. The zero-order chi connectivity index (χ0) is 20.5. The van der Waals surface area contributed by atoms with E-state index in [0.29, 0.717) is 0 Å². The molecule has 0 aliphatic heterocycles. The Balaban J connectivity index is 0.00000784. The molecule has 1 atom stereocenters. The summed E-state index contributed by atoms with van der Waals surface area (Å²) in [6.07, 6.45) is 21.2. The first-order valence-corrected chi connectivity index (χ1v) is 12.4. The van der Waals surface area contributed by atoms with Gasteiger partial charge in [0.25, 0.3) is 0 Å². The molecule has 0 aromatic heterocycles. The minimum atomic E-state index is 0. The van der Waals surface area contributed by atoms with Crippen molar-refractivity contribution >= 4 is 0 Å². The smallest absolute Gasteiger partial charge is 0.0780 e. The third kappa shape index (κ3) is 16.9. The fourth-order valence-corrected chi connectivity index (χ4v) is 4.23. The van der Waals surface area contributed by atoms with E-state index in [9.17, 15) is 0 Å². The van der Waals surface area contributed by atoms with Crippen LogP contribution in [0.5, 0.6) is 0 Å². The molecule has 170 valence electrons. The van der Waals surface area contributed by atoms with Crippen LogP contribution in [0.15, 0.2) is 30.3 Å². The lowest BCUT2D eigenvalue weighted by atomic mass is 9.88. The molecule has 0 aliphatic carbocycles. The lowest BCUT2D eigenvalue weighted by Gasteiger charge is -2.23. The van der Waals surface area contributed by atoms with E-state index in [2.05, 4.69) is 58.4 Å².